The molecule has 2 aromatic heterocycles. The predicted octanol–water partition coefficient (Wildman–Crippen LogP) is 4.96. The van der Waals surface area contributed by atoms with E-state index in [2.05, 4.69) is 15.4 Å². The third-order valence-electron chi connectivity index (χ3n) is 5.16. The molecule has 4 rings (SSSR count). The second kappa shape index (κ2) is 8.21. The van der Waals surface area contributed by atoms with Crippen molar-refractivity contribution in [2.45, 2.75) is 51.6 Å². The Morgan fingerprint density at radius 2 is 2.06 bits per heavy atom. The number of oxazole rings is 1. The Morgan fingerprint density at radius 1 is 1.33 bits per heavy atom. The van der Waals surface area contributed by atoms with Crippen LogP contribution in [0.2, 0.25) is 5.02 Å². The lowest BCUT2D eigenvalue weighted by Crippen LogP contribution is -2.54. The summed E-state index contributed by atoms with van der Waals surface area (Å²) in [5.41, 5.74) is -2.23. The molecular weight excluding hydrogens is 463 g/mol. The van der Waals surface area contributed by atoms with Gasteiger partial charge in [0.2, 0.25) is 5.89 Å². The number of hydrogen-bond donors (Lipinski definition) is 1. The molecule has 1 N–H and O–H groups in total. The van der Waals surface area contributed by atoms with Crippen molar-refractivity contribution >= 4 is 28.8 Å². The summed E-state index contributed by atoms with van der Waals surface area (Å²) in [5, 5.41) is 6.76. The van der Waals surface area contributed by atoms with Crippen LogP contribution >= 0.6 is 11.6 Å². The number of amides is 1. The van der Waals surface area contributed by atoms with Gasteiger partial charge in [-0.2, -0.15) is 18.3 Å². The van der Waals surface area contributed by atoms with Crippen LogP contribution in [0.15, 0.2) is 28.9 Å². The van der Waals surface area contributed by atoms with E-state index in [1.165, 1.54) is 15.8 Å². The lowest BCUT2D eigenvalue weighted by atomic mass is 10.1. The van der Waals surface area contributed by atoms with Crippen LogP contribution in [0.4, 0.5) is 18.0 Å². The second-order valence-corrected chi connectivity index (χ2v) is 9.20. The Labute approximate surface area is 192 Å². The van der Waals surface area contributed by atoms with Gasteiger partial charge in [0, 0.05) is 31.5 Å². The van der Waals surface area contributed by atoms with Gasteiger partial charge in [-0.1, -0.05) is 11.6 Å². The predicted molar refractivity (Wildman–Crippen MR) is 114 cm³/mol. The van der Waals surface area contributed by atoms with Crippen LogP contribution in [-0.2, 0) is 10.9 Å². The molecule has 0 bridgehead atoms. The molecule has 0 spiro atoms. The van der Waals surface area contributed by atoms with Crippen molar-refractivity contribution < 1.29 is 27.1 Å². The molecule has 3 heterocycles. The number of aromatic nitrogens is 3. The highest BCUT2D eigenvalue weighted by molar-refractivity contribution is 6.32. The number of fused-ring (bicyclic) bond motifs is 1. The summed E-state index contributed by atoms with van der Waals surface area (Å²) >= 11 is 6.05. The molecule has 12 heteroatoms. The molecule has 0 radical (unpaired) electrons. The fourth-order valence-corrected chi connectivity index (χ4v) is 4.13. The first-order valence-corrected chi connectivity index (χ1v) is 10.7. The minimum absolute atomic E-state index is 0.0586. The fourth-order valence-electron chi connectivity index (χ4n) is 3.83. The molecule has 2 atom stereocenters. The highest BCUT2D eigenvalue weighted by Crippen LogP contribution is 2.43. The van der Waals surface area contributed by atoms with Gasteiger partial charge in [0.1, 0.15) is 28.4 Å². The minimum Gasteiger partial charge on any atom is -0.444 e. The second-order valence-electron chi connectivity index (χ2n) is 8.79. The van der Waals surface area contributed by atoms with Crippen LogP contribution in [0.5, 0.6) is 0 Å². The quantitative estimate of drug-likeness (QED) is 0.552. The normalized spacial score (nSPS) is 19.8. The largest absolute Gasteiger partial charge is 0.444 e. The van der Waals surface area contributed by atoms with Gasteiger partial charge >= 0.3 is 12.3 Å². The van der Waals surface area contributed by atoms with Gasteiger partial charge < -0.3 is 14.5 Å². The number of carbonyl (C=O) groups is 1. The van der Waals surface area contributed by atoms with E-state index in [0.29, 0.717) is 6.54 Å². The zero-order valence-electron chi connectivity index (χ0n) is 18.4. The van der Waals surface area contributed by atoms with E-state index in [4.69, 9.17) is 20.8 Å². The number of benzene rings is 1. The van der Waals surface area contributed by atoms with E-state index < -0.39 is 40.0 Å². The third-order valence-corrected chi connectivity index (χ3v) is 5.46. The van der Waals surface area contributed by atoms with Gasteiger partial charge in [-0.3, -0.25) is 4.90 Å². The van der Waals surface area contributed by atoms with Gasteiger partial charge in [0.05, 0.1) is 5.02 Å². The Balaban J connectivity index is 1.89. The highest BCUT2D eigenvalue weighted by Gasteiger charge is 2.42. The minimum atomic E-state index is -4.77. The van der Waals surface area contributed by atoms with Crippen LogP contribution in [0.3, 0.4) is 0 Å². The summed E-state index contributed by atoms with van der Waals surface area (Å²) in [6, 6.07) is 1.60. The molecule has 0 aliphatic carbocycles. The first-order chi connectivity index (χ1) is 15.4. The molecule has 0 saturated carbocycles. The Morgan fingerprint density at radius 3 is 2.67 bits per heavy atom. The number of nitrogens with zero attached hydrogens (tertiary/aromatic N) is 4. The lowest BCUT2D eigenvalue weighted by Gasteiger charge is -2.39. The van der Waals surface area contributed by atoms with E-state index in [9.17, 15) is 18.0 Å². The lowest BCUT2D eigenvalue weighted by molar-refractivity contribution is -0.136. The highest BCUT2D eigenvalue weighted by atomic mass is 35.5. The first kappa shape index (κ1) is 23.4. The van der Waals surface area contributed by atoms with Crippen molar-refractivity contribution in [1.82, 2.24) is 25.0 Å². The maximum absolute atomic E-state index is 13.9. The molecule has 1 amide bonds. The summed E-state index contributed by atoms with van der Waals surface area (Å²) in [6.45, 7) is 7.75. The van der Waals surface area contributed by atoms with E-state index in [-0.39, 0.29) is 29.7 Å². The average Bonchev–Trinajstić information content (AvgIpc) is 3.34. The van der Waals surface area contributed by atoms with Crippen molar-refractivity contribution in [3.63, 3.8) is 0 Å². The number of piperazine rings is 1. The number of alkyl halides is 3. The van der Waals surface area contributed by atoms with E-state index in [1.807, 2.05) is 0 Å². The van der Waals surface area contributed by atoms with Crippen LogP contribution < -0.4 is 5.32 Å². The topological polar surface area (TPSA) is 85.4 Å². The van der Waals surface area contributed by atoms with Gasteiger partial charge in [-0.05, 0) is 39.8 Å². The van der Waals surface area contributed by atoms with Crippen molar-refractivity contribution in [1.29, 1.82) is 0 Å². The number of carbonyl (C=O) groups excluding carboxylic acids is 1. The number of nitrogens with one attached hydrogen (secondary N) is 1. The number of hydrogen-bond acceptors (Lipinski definition) is 6. The van der Waals surface area contributed by atoms with Crippen molar-refractivity contribution in [2.75, 3.05) is 13.1 Å². The molecule has 1 aliphatic heterocycles. The van der Waals surface area contributed by atoms with Crippen LogP contribution in [0.25, 0.3) is 16.8 Å². The maximum atomic E-state index is 13.9. The molecule has 1 aromatic carbocycles. The van der Waals surface area contributed by atoms with Crippen LogP contribution in [-0.4, -0.2) is 50.5 Å². The molecule has 178 valence electrons. The van der Waals surface area contributed by atoms with Crippen LogP contribution in [0, 0.1) is 0 Å². The maximum Gasteiger partial charge on any atom is 0.420 e. The third kappa shape index (κ3) is 4.51. The summed E-state index contributed by atoms with van der Waals surface area (Å²) in [6.07, 6.45) is -2.35. The number of rotatable bonds is 2. The van der Waals surface area contributed by atoms with Gasteiger partial charge in [0.15, 0.2) is 5.58 Å². The Kier molecular flexibility index (Phi) is 5.81. The summed E-state index contributed by atoms with van der Waals surface area (Å²) in [4.78, 5) is 18.5. The summed E-state index contributed by atoms with van der Waals surface area (Å²) in [7, 11) is 0. The molecule has 1 unspecified atom stereocenters. The SMILES string of the molecule is CC1NCCN(C(=O)OC(C)(C)C)[C@@H]1c1nc2c(C(F)(F)F)c(Cl)cc(-n3cccn3)c2o1. The van der Waals surface area contributed by atoms with E-state index >= 15 is 0 Å². The molecule has 3 aromatic rings. The van der Waals surface area contributed by atoms with Crippen molar-refractivity contribution in [3.05, 3.63) is 41.0 Å². The number of ether oxygens (including phenoxy) is 1. The standard InChI is InChI=1S/C21H23ClF3N5O3/c1-11-16(29(9-7-26-11)19(31)33-20(2,3)4)18-28-15-14(21(23,24)25)12(22)10-13(17(15)32-18)30-8-5-6-27-30/h5-6,8,10-11,16,26H,7,9H2,1-4H3/t11?,16-/m0/s1. The van der Waals surface area contributed by atoms with Gasteiger partial charge in [0.25, 0.3) is 0 Å². The summed E-state index contributed by atoms with van der Waals surface area (Å²) in [5.74, 6) is -0.0586. The molecule has 33 heavy (non-hydrogen) atoms. The zero-order valence-corrected chi connectivity index (χ0v) is 19.2. The fraction of sp³-hybridized carbons (Fsp3) is 0.476. The number of halogens is 4. The average molecular weight is 486 g/mol. The van der Waals surface area contributed by atoms with Crippen molar-refractivity contribution in [3.8, 4) is 5.69 Å². The molecule has 1 saturated heterocycles. The van der Waals surface area contributed by atoms with E-state index in [1.54, 1.807) is 40.0 Å². The van der Waals surface area contributed by atoms with Crippen LogP contribution in [0.1, 0.15) is 45.2 Å². The van der Waals surface area contributed by atoms with Gasteiger partial charge in [-0.25, -0.2) is 14.5 Å². The Hall–Kier alpha value is -2.79. The smallest absolute Gasteiger partial charge is 0.420 e. The first-order valence-electron chi connectivity index (χ1n) is 10.3. The van der Waals surface area contributed by atoms with E-state index in [0.717, 1.165) is 6.07 Å². The summed E-state index contributed by atoms with van der Waals surface area (Å²) < 4.78 is 54.4. The van der Waals surface area contributed by atoms with Crippen molar-refractivity contribution in [2.24, 2.45) is 0 Å². The molecule has 1 fully saturated rings. The van der Waals surface area contributed by atoms with Gasteiger partial charge in [-0.15, -0.1) is 0 Å². The zero-order chi connectivity index (χ0) is 24.1. The molecule has 1 aliphatic rings. The monoisotopic (exact) mass is 485 g/mol. The molecular formula is C21H23ClF3N5O3. The Bertz CT molecular complexity index is 1170. The molecule has 8 nitrogen and oxygen atoms in total.